The molecule has 0 spiro atoms. The first kappa shape index (κ1) is 12.5. The lowest BCUT2D eigenvalue weighted by Crippen LogP contribution is -2.23. The number of rotatable bonds is 3. The normalized spacial score (nSPS) is 11.9. The maximum Gasteiger partial charge on any atom is 0.241 e. The van der Waals surface area contributed by atoms with Crippen molar-refractivity contribution >= 4 is 36.7 Å². The predicted molar refractivity (Wildman–Crippen MR) is 72.5 cm³/mol. The van der Waals surface area contributed by atoms with E-state index in [1.165, 1.54) is 0 Å². The predicted octanol–water partition coefficient (Wildman–Crippen LogP) is 2.90. The molecule has 0 fully saturated rings. The van der Waals surface area contributed by atoms with Gasteiger partial charge in [-0.3, -0.25) is 0 Å². The number of fused-ring (bicyclic) bond motifs is 1. The van der Waals surface area contributed by atoms with Crippen LogP contribution in [0.2, 0.25) is 0 Å². The zero-order chi connectivity index (χ0) is 12.5. The lowest BCUT2D eigenvalue weighted by Gasteiger charge is -2.09. The standard InChI is InChI=1S/C12H12BrNO2S/c1-2-14-17(15,16)12-8-7-11(13)9-5-3-4-6-10(9)12/h3-8,14H,2H2,1H3. The van der Waals surface area contributed by atoms with Crippen LogP contribution in [0.1, 0.15) is 6.92 Å². The molecule has 0 atom stereocenters. The van der Waals surface area contributed by atoms with Crippen molar-refractivity contribution < 1.29 is 8.42 Å². The van der Waals surface area contributed by atoms with Gasteiger partial charge in [0.05, 0.1) is 4.90 Å². The highest BCUT2D eigenvalue weighted by atomic mass is 79.9. The second kappa shape index (κ2) is 4.76. The summed E-state index contributed by atoms with van der Waals surface area (Å²) in [4.78, 5) is 0.318. The van der Waals surface area contributed by atoms with Gasteiger partial charge in [0.15, 0.2) is 0 Å². The maximum atomic E-state index is 12.0. The topological polar surface area (TPSA) is 46.2 Å². The van der Waals surface area contributed by atoms with E-state index in [0.717, 1.165) is 15.2 Å². The van der Waals surface area contributed by atoms with E-state index >= 15 is 0 Å². The zero-order valence-corrected chi connectivity index (χ0v) is 11.7. The highest BCUT2D eigenvalue weighted by Crippen LogP contribution is 2.29. The van der Waals surface area contributed by atoms with E-state index in [4.69, 9.17) is 0 Å². The van der Waals surface area contributed by atoms with Crippen LogP contribution in [0.5, 0.6) is 0 Å². The van der Waals surface area contributed by atoms with Gasteiger partial charge in [0, 0.05) is 16.4 Å². The summed E-state index contributed by atoms with van der Waals surface area (Å²) in [6.45, 7) is 2.14. The zero-order valence-electron chi connectivity index (χ0n) is 9.27. The van der Waals surface area contributed by atoms with Crippen LogP contribution < -0.4 is 4.72 Å². The van der Waals surface area contributed by atoms with Gasteiger partial charge in [-0.2, -0.15) is 0 Å². The molecule has 5 heteroatoms. The second-order valence-corrected chi connectivity index (χ2v) is 6.18. The molecule has 0 radical (unpaired) electrons. The van der Waals surface area contributed by atoms with Crippen LogP contribution in [-0.4, -0.2) is 15.0 Å². The number of benzene rings is 2. The summed E-state index contributed by atoms with van der Waals surface area (Å²) in [5, 5.41) is 1.62. The van der Waals surface area contributed by atoms with Gasteiger partial charge in [0.2, 0.25) is 10.0 Å². The Bertz CT molecular complexity index is 653. The second-order valence-electron chi connectivity index (χ2n) is 3.59. The van der Waals surface area contributed by atoms with E-state index in [2.05, 4.69) is 20.7 Å². The fourth-order valence-corrected chi connectivity index (χ4v) is 3.46. The molecule has 0 aromatic heterocycles. The number of nitrogens with one attached hydrogen (secondary N) is 1. The maximum absolute atomic E-state index is 12.0. The van der Waals surface area contributed by atoms with Crippen molar-refractivity contribution in [3.8, 4) is 0 Å². The van der Waals surface area contributed by atoms with Gasteiger partial charge in [0.1, 0.15) is 0 Å². The van der Waals surface area contributed by atoms with E-state index in [1.54, 1.807) is 19.1 Å². The fraction of sp³-hybridized carbons (Fsp3) is 0.167. The van der Waals surface area contributed by atoms with Crippen molar-refractivity contribution in [3.63, 3.8) is 0 Å². The third-order valence-electron chi connectivity index (χ3n) is 2.45. The van der Waals surface area contributed by atoms with Crippen LogP contribution in [0, 0.1) is 0 Å². The van der Waals surface area contributed by atoms with Crippen LogP contribution in [0.15, 0.2) is 45.8 Å². The van der Waals surface area contributed by atoms with Gasteiger partial charge >= 0.3 is 0 Å². The Hall–Kier alpha value is -0.910. The van der Waals surface area contributed by atoms with Crippen LogP contribution in [0.3, 0.4) is 0 Å². The van der Waals surface area contributed by atoms with Gasteiger partial charge < -0.3 is 0 Å². The van der Waals surface area contributed by atoms with E-state index in [1.807, 2.05) is 24.3 Å². The average molecular weight is 314 g/mol. The molecule has 0 bridgehead atoms. The number of halogens is 1. The Balaban J connectivity index is 2.76. The quantitative estimate of drug-likeness (QED) is 0.947. The Morgan fingerprint density at radius 1 is 1.12 bits per heavy atom. The third kappa shape index (κ3) is 2.36. The molecule has 2 aromatic rings. The number of hydrogen-bond acceptors (Lipinski definition) is 2. The van der Waals surface area contributed by atoms with E-state index in [-0.39, 0.29) is 0 Å². The molecule has 0 aliphatic carbocycles. The molecule has 3 nitrogen and oxygen atoms in total. The summed E-state index contributed by atoms with van der Waals surface area (Å²) >= 11 is 3.42. The summed E-state index contributed by atoms with van der Waals surface area (Å²) in [5.74, 6) is 0. The van der Waals surface area contributed by atoms with Gasteiger partial charge in [0.25, 0.3) is 0 Å². The molecule has 2 aromatic carbocycles. The molecule has 0 aliphatic rings. The van der Waals surface area contributed by atoms with Crippen LogP contribution >= 0.6 is 15.9 Å². The highest BCUT2D eigenvalue weighted by Gasteiger charge is 2.16. The summed E-state index contributed by atoms with van der Waals surface area (Å²) in [6.07, 6.45) is 0. The Labute approximate surface area is 109 Å². The van der Waals surface area contributed by atoms with Crippen LogP contribution in [-0.2, 0) is 10.0 Å². The molecule has 17 heavy (non-hydrogen) atoms. The van der Waals surface area contributed by atoms with E-state index in [9.17, 15) is 8.42 Å². The minimum Gasteiger partial charge on any atom is -0.211 e. The minimum absolute atomic E-state index is 0.318. The van der Waals surface area contributed by atoms with E-state index < -0.39 is 10.0 Å². The summed E-state index contributed by atoms with van der Waals surface area (Å²) in [5.41, 5.74) is 0. The molecular weight excluding hydrogens is 302 g/mol. The third-order valence-corrected chi connectivity index (χ3v) is 4.75. The summed E-state index contributed by atoms with van der Waals surface area (Å²) in [7, 11) is -3.42. The number of hydrogen-bond donors (Lipinski definition) is 1. The lowest BCUT2D eigenvalue weighted by molar-refractivity contribution is 0.585. The summed E-state index contributed by atoms with van der Waals surface area (Å²) in [6, 6.07) is 10.8. The largest absolute Gasteiger partial charge is 0.241 e. The molecule has 0 heterocycles. The molecule has 0 amide bonds. The van der Waals surface area contributed by atoms with Crippen molar-refractivity contribution in [2.75, 3.05) is 6.54 Å². The number of sulfonamides is 1. The first-order valence-electron chi connectivity index (χ1n) is 5.23. The van der Waals surface area contributed by atoms with Crippen molar-refractivity contribution in [1.29, 1.82) is 0 Å². The van der Waals surface area contributed by atoms with Gasteiger partial charge in [-0.1, -0.05) is 47.1 Å². The monoisotopic (exact) mass is 313 g/mol. The summed E-state index contributed by atoms with van der Waals surface area (Å²) < 4.78 is 27.5. The van der Waals surface area contributed by atoms with Gasteiger partial charge in [-0.15, -0.1) is 0 Å². The highest BCUT2D eigenvalue weighted by molar-refractivity contribution is 9.10. The first-order valence-corrected chi connectivity index (χ1v) is 7.51. The van der Waals surface area contributed by atoms with Crippen molar-refractivity contribution in [1.82, 2.24) is 4.72 Å². The average Bonchev–Trinajstić information content (AvgIpc) is 2.29. The molecule has 2 rings (SSSR count). The minimum atomic E-state index is -3.42. The Morgan fingerprint density at radius 3 is 2.41 bits per heavy atom. The van der Waals surface area contributed by atoms with Crippen LogP contribution in [0.25, 0.3) is 10.8 Å². The molecule has 0 saturated heterocycles. The fourth-order valence-electron chi connectivity index (χ4n) is 1.74. The van der Waals surface area contributed by atoms with Crippen molar-refractivity contribution in [3.05, 3.63) is 40.9 Å². The van der Waals surface area contributed by atoms with Crippen LogP contribution in [0.4, 0.5) is 0 Å². The Kier molecular flexibility index (Phi) is 3.51. The smallest absolute Gasteiger partial charge is 0.211 e. The molecule has 1 N–H and O–H groups in total. The van der Waals surface area contributed by atoms with Crippen molar-refractivity contribution in [2.45, 2.75) is 11.8 Å². The molecule has 90 valence electrons. The SMILES string of the molecule is CCNS(=O)(=O)c1ccc(Br)c2ccccc12. The first-order chi connectivity index (χ1) is 8.06. The molecular formula is C12H12BrNO2S. The Morgan fingerprint density at radius 2 is 1.76 bits per heavy atom. The molecule has 0 saturated carbocycles. The van der Waals surface area contributed by atoms with Crippen molar-refractivity contribution in [2.24, 2.45) is 0 Å². The molecule has 0 aliphatic heterocycles. The van der Waals surface area contributed by atoms with Gasteiger partial charge in [-0.05, 0) is 17.5 Å². The van der Waals surface area contributed by atoms with E-state index in [0.29, 0.717) is 11.4 Å². The van der Waals surface area contributed by atoms with Gasteiger partial charge in [-0.25, -0.2) is 13.1 Å². The molecule has 0 unspecified atom stereocenters. The lowest BCUT2D eigenvalue weighted by atomic mass is 10.1.